The Kier molecular flexibility index (Phi) is 5.11. The highest BCUT2D eigenvalue weighted by Crippen LogP contribution is 2.20. The SMILES string of the molecule is Cc1ccc(Nc2nc(C)cc(N3CCN(C(=O)c4cn(C)nn4)CC3)n2)cc1. The molecule has 29 heavy (non-hydrogen) atoms. The van der Waals surface area contributed by atoms with Gasteiger partial charge in [0.05, 0.1) is 6.20 Å². The third-order valence-corrected chi connectivity index (χ3v) is 4.86. The van der Waals surface area contributed by atoms with Gasteiger partial charge in [-0.25, -0.2) is 4.98 Å². The summed E-state index contributed by atoms with van der Waals surface area (Å²) >= 11 is 0. The molecule has 0 saturated carbocycles. The summed E-state index contributed by atoms with van der Waals surface area (Å²) in [6.45, 7) is 6.64. The molecule has 9 heteroatoms. The van der Waals surface area contributed by atoms with Crippen molar-refractivity contribution in [1.29, 1.82) is 0 Å². The number of nitrogens with zero attached hydrogens (tertiary/aromatic N) is 7. The quantitative estimate of drug-likeness (QED) is 0.725. The van der Waals surface area contributed by atoms with Crippen LogP contribution >= 0.6 is 0 Å². The zero-order valence-corrected chi connectivity index (χ0v) is 16.8. The first-order chi connectivity index (χ1) is 14.0. The summed E-state index contributed by atoms with van der Waals surface area (Å²) in [5, 5.41) is 11.0. The zero-order valence-electron chi connectivity index (χ0n) is 16.8. The lowest BCUT2D eigenvalue weighted by Gasteiger charge is -2.35. The number of hydrogen-bond acceptors (Lipinski definition) is 7. The van der Waals surface area contributed by atoms with Gasteiger partial charge in [-0.05, 0) is 26.0 Å². The first-order valence-corrected chi connectivity index (χ1v) is 9.58. The highest BCUT2D eigenvalue weighted by atomic mass is 16.2. The van der Waals surface area contributed by atoms with Crippen LogP contribution in [0.5, 0.6) is 0 Å². The number of aromatic nitrogens is 5. The lowest BCUT2D eigenvalue weighted by molar-refractivity contribution is 0.0740. The Bertz CT molecular complexity index is 1010. The molecular weight excluding hydrogens is 368 g/mol. The van der Waals surface area contributed by atoms with Gasteiger partial charge in [0.1, 0.15) is 5.82 Å². The van der Waals surface area contributed by atoms with Crippen LogP contribution in [-0.4, -0.2) is 61.9 Å². The van der Waals surface area contributed by atoms with E-state index in [1.54, 1.807) is 18.1 Å². The van der Waals surface area contributed by atoms with Crippen molar-refractivity contribution >= 4 is 23.4 Å². The van der Waals surface area contributed by atoms with E-state index >= 15 is 0 Å². The minimum Gasteiger partial charge on any atom is -0.353 e. The Balaban J connectivity index is 1.43. The van der Waals surface area contributed by atoms with Crippen molar-refractivity contribution in [2.45, 2.75) is 13.8 Å². The van der Waals surface area contributed by atoms with Crippen molar-refractivity contribution in [3.63, 3.8) is 0 Å². The number of hydrogen-bond donors (Lipinski definition) is 1. The van der Waals surface area contributed by atoms with Gasteiger partial charge >= 0.3 is 0 Å². The highest BCUT2D eigenvalue weighted by Gasteiger charge is 2.25. The maximum Gasteiger partial charge on any atom is 0.276 e. The molecule has 1 aliphatic heterocycles. The van der Waals surface area contributed by atoms with Gasteiger partial charge in [-0.15, -0.1) is 5.10 Å². The molecule has 1 amide bonds. The average Bonchev–Trinajstić information content (AvgIpc) is 3.15. The number of nitrogens with one attached hydrogen (secondary N) is 1. The van der Waals surface area contributed by atoms with Crippen molar-refractivity contribution in [3.05, 3.63) is 53.5 Å². The molecule has 0 bridgehead atoms. The monoisotopic (exact) mass is 392 g/mol. The normalized spacial score (nSPS) is 14.2. The van der Waals surface area contributed by atoms with E-state index in [-0.39, 0.29) is 5.91 Å². The van der Waals surface area contributed by atoms with Gasteiger partial charge in [0.25, 0.3) is 5.91 Å². The maximum atomic E-state index is 12.5. The van der Waals surface area contributed by atoms with Gasteiger partial charge in [-0.1, -0.05) is 22.9 Å². The number of rotatable bonds is 4. The standard InChI is InChI=1S/C20H24N8O/c1-14-4-6-16(7-5-14)22-20-21-15(2)12-18(23-20)27-8-10-28(11-9-27)19(29)17-13-26(3)25-24-17/h4-7,12-13H,8-11H2,1-3H3,(H,21,22,23). The van der Waals surface area contributed by atoms with Crippen molar-refractivity contribution < 1.29 is 4.79 Å². The molecule has 9 nitrogen and oxygen atoms in total. The molecule has 4 rings (SSSR count). The molecule has 1 fully saturated rings. The van der Waals surface area contributed by atoms with Crippen molar-refractivity contribution in [2.75, 3.05) is 36.4 Å². The zero-order chi connectivity index (χ0) is 20.4. The molecule has 0 radical (unpaired) electrons. The van der Waals surface area contributed by atoms with Gasteiger partial charge < -0.3 is 15.1 Å². The third-order valence-electron chi connectivity index (χ3n) is 4.86. The van der Waals surface area contributed by atoms with Crippen LogP contribution in [0.4, 0.5) is 17.5 Å². The fourth-order valence-corrected chi connectivity index (χ4v) is 3.28. The molecule has 0 spiro atoms. The molecule has 2 aromatic heterocycles. The van der Waals surface area contributed by atoms with Crippen LogP contribution in [0.1, 0.15) is 21.7 Å². The van der Waals surface area contributed by atoms with E-state index in [4.69, 9.17) is 0 Å². The predicted octanol–water partition coefficient (Wildman–Crippen LogP) is 1.93. The molecule has 1 saturated heterocycles. The van der Waals surface area contributed by atoms with Crippen LogP contribution in [0, 0.1) is 13.8 Å². The summed E-state index contributed by atoms with van der Waals surface area (Å²) < 4.78 is 1.54. The number of amides is 1. The fourth-order valence-electron chi connectivity index (χ4n) is 3.28. The Morgan fingerprint density at radius 1 is 1.03 bits per heavy atom. The summed E-state index contributed by atoms with van der Waals surface area (Å²) in [7, 11) is 1.75. The molecular formula is C20H24N8O. The van der Waals surface area contributed by atoms with E-state index in [9.17, 15) is 4.79 Å². The second-order valence-electron chi connectivity index (χ2n) is 7.24. The van der Waals surface area contributed by atoms with Crippen LogP contribution in [-0.2, 0) is 7.05 Å². The molecule has 0 unspecified atom stereocenters. The van der Waals surface area contributed by atoms with E-state index in [0.29, 0.717) is 37.8 Å². The van der Waals surface area contributed by atoms with Crippen LogP contribution in [0.3, 0.4) is 0 Å². The number of piperazine rings is 1. The third kappa shape index (κ3) is 4.34. The molecule has 3 aromatic rings. The number of carbonyl (C=O) groups excluding carboxylic acids is 1. The number of carbonyl (C=O) groups is 1. The Morgan fingerprint density at radius 2 is 1.76 bits per heavy atom. The average molecular weight is 392 g/mol. The number of anilines is 3. The fraction of sp³-hybridized carbons (Fsp3) is 0.350. The molecule has 3 heterocycles. The number of benzene rings is 1. The minimum absolute atomic E-state index is 0.0849. The van der Waals surface area contributed by atoms with Gasteiger partial charge in [-0.2, -0.15) is 4.98 Å². The van der Waals surface area contributed by atoms with E-state index < -0.39 is 0 Å². The molecule has 1 aromatic carbocycles. The summed E-state index contributed by atoms with van der Waals surface area (Å²) in [6, 6.07) is 10.1. The first-order valence-electron chi connectivity index (χ1n) is 9.58. The highest BCUT2D eigenvalue weighted by molar-refractivity contribution is 5.92. The van der Waals surface area contributed by atoms with E-state index in [2.05, 4.69) is 37.4 Å². The van der Waals surface area contributed by atoms with Gasteiger partial charge in [0.15, 0.2) is 5.69 Å². The van der Waals surface area contributed by atoms with Crippen LogP contribution < -0.4 is 10.2 Å². The largest absolute Gasteiger partial charge is 0.353 e. The minimum atomic E-state index is -0.0849. The van der Waals surface area contributed by atoms with E-state index in [1.807, 2.05) is 37.3 Å². The molecule has 0 atom stereocenters. The summed E-state index contributed by atoms with van der Waals surface area (Å²) in [4.78, 5) is 25.7. The van der Waals surface area contributed by atoms with Crippen molar-refractivity contribution in [1.82, 2.24) is 29.9 Å². The van der Waals surface area contributed by atoms with Gasteiger partial charge in [-0.3, -0.25) is 9.48 Å². The summed E-state index contributed by atoms with van der Waals surface area (Å²) in [5.74, 6) is 1.35. The molecule has 1 aliphatic rings. The van der Waals surface area contributed by atoms with Crippen molar-refractivity contribution in [2.24, 2.45) is 7.05 Å². The lowest BCUT2D eigenvalue weighted by Crippen LogP contribution is -2.49. The number of aryl methyl sites for hydroxylation is 3. The second-order valence-corrected chi connectivity index (χ2v) is 7.24. The van der Waals surface area contributed by atoms with Crippen LogP contribution in [0.25, 0.3) is 0 Å². The topological polar surface area (TPSA) is 92.1 Å². The Labute approximate surface area is 169 Å². The molecule has 0 aliphatic carbocycles. The first kappa shape index (κ1) is 18.9. The predicted molar refractivity (Wildman–Crippen MR) is 110 cm³/mol. The van der Waals surface area contributed by atoms with Gasteiger partial charge in [0.2, 0.25) is 5.95 Å². The van der Waals surface area contributed by atoms with E-state index in [0.717, 1.165) is 17.2 Å². The molecule has 1 N–H and O–H groups in total. The van der Waals surface area contributed by atoms with Crippen molar-refractivity contribution in [3.8, 4) is 0 Å². The Hall–Kier alpha value is -3.49. The molecule has 150 valence electrons. The van der Waals surface area contributed by atoms with Crippen LogP contribution in [0.2, 0.25) is 0 Å². The summed E-state index contributed by atoms with van der Waals surface area (Å²) in [5.41, 5.74) is 3.42. The van der Waals surface area contributed by atoms with E-state index in [1.165, 1.54) is 10.2 Å². The smallest absolute Gasteiger partial charge is 0.276 e. The van der Waals surface area contributed by atoms with Gasteiger partial charge in [0, 0.05) is 50.7 Å². The lowest BCUT2D eigenvalue weighted by atomic mass is 10.2. The second kappa shape index (κ2) is 7.86. The Morgan fingerprint density at radius 3 is 2.41 bits per heavy atom. The maximum absolute atomic E-state index is 12.5. The summed E-state index contributed by atoms with van der Waals surface area (Å²) in [6.07, 6.45) is 1.64. The van der Waals surface area contributed by atoms with Crippen LogP contribution in [0.15, 0.2) is 36.5 Å².